The van der Waals surface area contributed by atoms with Crippen molar-refractivity contribution in [1.82, 2.24) is 15.0 Å². The van der Waals surface area contributed by atoms with Crippen molar-refractivity contribution in [3.63, 3.8) is 0 Å². The molecule has 6 aromatic rings. The fraction of sp³-hybridized carbons (Fsp3) is 0.375. The summed E-state index contributed by atoms with van der Waals surface area (Å²) in [6, 6.07) is 41.1. The van der Waals surface area contributed by atoms with E-state index in [-0.39, 0.29) is 13.2 Å². The summed E-state index contributed by atoms with van der Waals surface area (Å²) in [4.78, 5) is 12.1. The van der Waals surface area contributed by atoms with E-state index >= 15 is 0 Å². The molecule has 0 aliphatic carbocycles. The number of nitriles is 2. The van der Waals surface area contributed by atoms with Gasteiger partial charge in [0.1, 0.15) is 17.6 Å². The molecule has 6 heteroatoms. The van der Waals surface area contributed by atoms with Gasteiger partial charge in [0.25, 0.3) is 0 Å². The molecule has 0 aliphatic heterocycles. The normalized spacial score (nSPS) is 9.92. The number of hydrogen-bond donors (Lipinski definition) is 0. The van der Waals surface area contributed by atoms with Crippen LogP contribution in [0.2, 0.25) is 0 Å². The zero-order chi connectivity index (χ0) is 45.9. The van der Waals surface area contributed by atoms with Crippen molar-refractivity contribution in [1.29, 1.82) is 10.5 Å². The largest absolute Gasteiger partial charge is 0.262 e. The van der Waals surface area contributed by atoms with E-state index in [2.05, 4.69) is 153 Å². The van der Waals surface area contributed by atoms with Crippen molar-refractivity contribution in [2.45, 2.75) is 140 Å². The van der Waals surface area contributed by atoms with Crippen LogP contribution in [0.3, 0.4) is 0 Å². The van der Waals surface area contributed by atoms with Crippen molar-refractivity contribution in [2.24, 2.45) is 0 Å². The van der Waals surface area contributed by atoms with E-state index in [1.54, 1.807) is 6.20 Å². The van der Waals surface area contributed by atoms with Crippen LogP contribution < -0.4 is 0 Å². The van der Waals surface area contributed by atoms with Gasteiger partial charge >= 0.3 is 0 Å². The highest BCUT2D eigenvalue weighted by atomic mass is 19.1. The Morgan fingerprint density at radius 3 is 1.05 bits per heavy atom. The standard InChI is InChI=1S/C10H11N.C9H11F.C9H10N2.2C9H13N.C9H12.CH4/c1-8(2)10-5-3-9(7-11)4-6-10;1-7(2)8-3-5-9(10)6-4-8;1-7(2)8-3-4-11-9(5-8)6-10;2*1-7(2)9-4-5-10-8(3)6-9;1-8(2)9-6-4-3-5-7-9;/h3-6,8H,1-2H3;3-7H,1-2H3;3-5,7H,1-2H3;2*4-7H,1-3H3;3-8H,1-2H3;1H4. The lowest BCUT2D eigenvalue weighted by Crippen LogP contribution is -1.89. The molecule has 0 spiro atoms. The van der Waals surface area contributed by atoms with Crippen molar-refractivity contribution in [3.05, 3.63) is 196 Å². The fourth-order valence-electron chi connectivity index (χ4n) is 5.35. The van der Waals surface area contributed by atoms with Gasteiger partial charge in [0, 0.05) is 30.0 Å². The van der Waals surface area contributed by atoms with Gasteiger partial charge in [-0.05, 0) is 143 Å². The average molecular weight is 836 g/mol. The summed E-state index contributed by atoms with van der Waals surface area (Å²) in [6.45, 7) is 29.9. The molecule has 0 N–H and O–H groups in total. The lowest BCUT2D eigenvalue weighted by Gasteiger charge is -2.03. The van der Waals surface area contributed by atoms with Crippen molar-refractivity contribution in [2.75, 3.05) is 0 Å². The van der Waals surface area contributed by atoms with Crippen molar-refractivity contribution < 1.29 is 4.39 Å². The molecule has 0 saturated carbocycles. The van der Waals surface area contributed by atoms with E-state index in [1.165, 1.54) is 39.9 Å². The molecule has 0 saturated heterocycles. The topological polar surface area (TPSA) is 86.2 Å². The summed E-state index contributed by atoms with van der Waals surface area (Å²) >= 11 is 0. The molecule has 5 nitrogen and oxygen atoms in total. The molecule has 330 valence electrons. The fourth-order valence-corrected chi connectivity index (χ4v) is 5.35. The molecule has 0 radical (unpaired) electrons. The Hall–Kier alpha value is -5.98. The lowest BCUT2D eigenvalue weighted by atomic mass is 10.0. The van der Waals surface area contributed by atoms with E-state index in [0.29, 0.717) is 41.2 Å². The molecule has 3 heterocycles. The predicted molar refractivity (Wildman–Crippen MR) is 262 cm³/mol. The number of rotatable bonds is 6. The molecule has 6 rings (SSSR count). The Kier molecular flexibility index (Phi) is 28.0. The van der Waals surface area contributed by atoms with Crippen LogP contribution in [-0.4, -0.2) is 15.0 Å². The van der Waals surface area contributed by atoms with Crippen LogP contribution in [0.25, 0.3) is 0 Å². The van der Waals surface area contributed by atoms with Crippen molar-refractivity contribution >= 4 is 0 Å². The first kappa shape index (κ1) is 56.0. The third-order valence-electron chi connectivity index (χ3n) is 9.45. The van der Waals surface area contributed by atoms with Crippen LogP contribution in [0.15, 0.2) is 134 Å². The third-order valence-corrected chi connectivity index (χ3v) is 9.45. The molecular weight excluding hydrogens is 762 g/mol. The number of nitrogens with zero attached hydrogens (tertiary/aromatic N) is 5. The third kappa shape index (κ3) is 23.7. The van der Waals surface area contributed by atoms with Crippen LogP contribution in [-0.2, 0) is 0 Å². The van der Waals surface area contributed by atoms with Gasteiger partial charge in [0.15, 0.2) is 0 Å². The van der Waals surface area contributed by atoms with Gasteiger partial charge in [-0.25, -0.2) is 9.37 Å². The first-order chi connectivity index (χ1) is 28.9. The van der Waals surface area contributed by atoms with Gasteiger partial charge in [0.2, 0.25) is 0 Å². The monoisotopic (exact) mass is 836 g/mol. The SMILES string of the molecule is C.CC(C)c1ccc(C#N)cc1.CC(C)c1ccc(F)cc1.CC(C)c1ccccc1.CC(C)c1ccnc(C#N)c1.Cc1cc(C(C)C)ccn1.Cc1cc(C(C)C)ccn1. The molecule has 0 atom stereocenters. The van der Waals surface area contributed by atoms with E-state index in [0.717, 1.165) is 22.5 Å². The minimum atomic E-state index is -0.163. The molecule has 3 aromatic heterocycles. The maximum Gasteiger partial charge on any atom is 0.140 e. The molecule has 0 amide bonds. The molecule has 0 bridgehead atoms. The first-order valence-electron chi connectivity index (χ1n) is 21.4. The van der Waals surface area contributed by atoms with Crippen LogP contribution in [0.4, 0.5) is 4.39 Å². The van der Waals surface area contributed by atoms with Crippen molar-refractivity contribution in [3.8, 4) is 12.1 Å². The summed E-state index contributed by atoms with van der Waals surface area (Å²) in [6.07, 6.45) is 5.41. The Bertz CT molecular complexity index is 2110. The van der Waals surface area contributed by atoms with Gasteiger partial charge in [-0.1, -0.05) is 145 Å². The second-order valence-electron chi connectivity index (χ2n) is 16.7. The summed E-state index contributed by atoms with van der Waals surface area (Å²) in [7, 11) is 0. The van der Waals surface area contributed by atoms with Gasteiger partial charge in [0.05, 0.1) is 11.6 Å². The Balaban J connectivity index is 0.000000719. The smallest absolute Gasteiger partial charge is 0.140 e. The number of aromatic nitrogens is 3. The molecule has 62 heavy (non-hydrogen) atoms. The zero-order valence-electron chi connectivity index (χ0n) is 39.3. The Morgan fingerprint density at radius 2 is 0.742 bits per heavy atom. The minimum absolute atomic E-state index is 0. The van der Waals surface area contributed by atoms with Gasteiger partial charge in [-0.2, -0.15) is 10.5 Å². The van der Waals surface area contributed by atoms with E-state index in [1.807, 2.05) is 86.9 Å². The van der Waals surface area contributed by atoms with E-state index < -0.39 is 0 Å². The highest BCUT2D eigenvalue weighted by Crippen LogP contribution is 2.17. The first-order valence-corrected chi connectivity index (χ1v) is 21.4. The van der Waals surface area contributed by atoms with Crippen LogP contribution in [0, 0.1) is 42.3 Å². The van der Waals surface area contributed by atoms with E-state index in [9.17, 15) is 4.39 Å². The molecular formula is C56H74FN5. The Morgan fingerprint density at radius 1 is 0.403 bits per heavy atom. The molecule has 3 aromatic carbocycles. The maximum atomic E-state index is 12.4. The number of benzene rings is 3. The highest BCUT2D eigenvalue weighted by Gasteiger charge is 2.01. The lowest BCUT2D eigenvalue weighted by molar-refractivity contribution is 0.626. The number of aryl methyl sites for hydroxylation is 2. The van der Waals surface area contributed by atoms with Crippen LogP contribution in [0.1, 0.15) is 182 Å². The predicted octanol–water partition coefficient (Wildman–Crippen LogP) is 16.2. The summed E-state index contributed by atoms with van der Waals surface area (Å²) < 4.78 is 12.4. The zero-order valence-corrected chi connectivity index (χ0v) is 39.3. The molecule has 0 fully saturated rings. The second kappa shape index (κ2) is 31.0. The maximum absolute atomic E-state index is 12.4. The summed E-state index contributed by atoms with van der Waals surface area (Å²) in [5.41, 5.74) is 11.2. The minimum Gasteiger partial charge on any atom is -0.262 e. The molecule has 0 unspecified atom stereocenters. The second-order valence-corrected chi connectivity index (χ2v) is 16.7. The van der Waals surface area contributed by atoms with Crippen LogP contribution >= 0.6 is 0 Å². The quantitative estimate of drug-likeness (QED) is 0.167. The molecule has 0 aliphatic rings. The number of pyridine rings is 3. The number of halogens is 1. The van der Waals surface area contributed by atoms with Gasteiger partial charge in [-0.15, -0.1) is 0 Å². The van der Waals surface area contributed by atoms with Crippen LogP contribution in [0.5, 0.6) is 0 Å². The van der Waals surface area contributed by atoms with E-state index in [4.69, 9.17) is 10.5 Å². The van der Waals surface area contributed by atoms with Gasteiger partial charge < -0.3 is 0 Å². The number of hydrogen-bond acceptors (Lipinski definition) is 5. The highest BCUT2D eigenvalue weighted by molar-refractivity contribution is 5.32. The Labute approximate surface area is 376 Å². The summed E-state index contributed by atoms with van der Waals surface area (Å²) in [5, 5.41) is 17.0. The average Bonchev–Trinajstić information content (AvgIpc) is 3.25. The van der Waals surface area contributed by atoms with Gasteiger partial charge in [-0.3, -0.25) is 9.97 Å². The summed E-state index contributed by atoms with van der Waals surface area (Å²) in [5.74, 6) is 3.22.